The van der Waals surface area contributed by atoms with Crippen LogP contribution in [0.1, 0.15) is 241 Å². The summed E-state index contributed by atoms with van der Waals surface area (Å²) in [6.45, 7) is 16.7. The van der Waals surface area contributed by atoms with Gasteiger partial charge in [0.05, 0.1) is 0 Å². The highest BCUT2D eigenvalue weighted by molar-refractivity contribution is 6.31. The second-order valence-electron chi connectivity index (χ2n) is 28.4. The SMILES string of the molecule is Cc1cc(C2CCC([C@@H](C)NC(=O)c3ccc(Cl)cc3)CC2)ccn1.Cc1cc(C2CCC([C@@H](C)NC(=O)c3ccc(Cl)cc3)CC2)ccn1.Cc1cc(C2CCC([C@H](C)NC(=O)c3ccc(Cl)cc3)CC2)ccn1.Cc1cc(C2CCC([C@H](C)NC(=O)c3ccc(Cl)cc3)CC2)ccn1. The molecule has 4 saturated carbocycles. The molecule has 4 aliphatic carbocycles. The number of pyridine rings is 4. The van der Waals surface area contributed by atoms with Gasteiger partial charge in [0.1, 0.15) is 0 Å². The van der Waals surface area contributed by atoms with E-state index < -0.39 is 0 Å². The summed E-state index contributed by atoms with van der Waals surface area (Å²) in [6, 6.07) is 46.3. The Bertz CT molecular complexity index is 3390. The topological polar surface area (TPSA) is 168 Å². The minimum atomic E-state index is -0.0175. The first-order valence-corrected chi connectivity index (χ1v) is 37.6. The lowest BCUT2D eigenvalue weighted by atomic mass is 9.76. The van der Waals surface area contributed by atoms with Gasteiger partial charge in [-0.2, -0.15) is 0 Å². The van der Waals surface area contributed by atoms with Gasteiger partial charge < -0.3 is 21.3 Å². The van der Waals surface area contributed by atoms with Crippen LogP contribution < -0.4 is 21.3 Å². The van der Waals surface area contributed by atoms with Crippen molar-refractivity contribution in [2.45, 2.75) is 206 Å². The van der Waals surface area contributed by atoms with Crippen molar-refractivity contribution < 1.29 is 19.2 Å². The van der Waals surface area contributed by atoms with Gasteiger partial charge in [0.15, 0.2) is 0 Å². The molecule has 12 rings (SSSR count). The molecule has 528 valence electrons. The molecule has 8 aromatic rings. The first kappa shape index (κ1) is 76.7. The zero-order chi connectivity index (χ0) is 71.2. The molecule has 0 bridgehead atoms. The van der Waals surface area contributed by atoms with E-state index >= 15 is 0 Å². The van der Waals surface area contributed by atoms with Crippen LogP contribution in [0, 0.1) is 51.4 Å². The predicted octanol–water partition coefficient (Wildman–Crippen LogP) is 20.5. The first-order valence-electron chi connectivity index (χ1n) is 36.1. The van der Waals surface area contributed by atoms with Crippen LogP contribution in [-0.2, 0) is 0 Å². The van der Waals surface area contributed by atoms with Crippen LogP contribution in [0.15, 0.2) is 170 Å². The molecule has 100 heavy (non-hydrogen) atoms. The maximum absolute atomic E-state index is 12.4. The van der Waals surface area contributed by atoms with Crippen molar-refractivity contribution in [3.05, 3.63) is 258 Å². The molecule has 16 heteroatoms. The molecule has 4 aromatic carbocycles. The lowest BCUT2D eigenvalue weighted by Gasteiger charge is -2.33. The van der Waals surface area contributed by atoms with E-state index in [1.165, 1.54) is 73.6 Å². The van der Waals surface area contributed by atoms with Crippen molar-refractivity contribution in [3.8, 4) is 0 Å². The second kappa shape index (κ2) is 38.0. The fraction of sp³-hybridized carbons (Fsp3) is 0.429. The Morgan fingerprint density at radius 1 is 0.290 bits per heavy atom. The Labute approximate surface area is 613 Å². The van der Waals surface area contributed by atoms with Crippen molar-refractivity contribution in [1.29, 1.82) is 0 Å². The van der Waals surface area contributed by atoms with Gasteiger partial charge in [-0.3, -0.25) is 39.1 Å². The highest BCUT2D eigenvalue weighted by Crippen LogP contribution is 2.41. The van der Waals surface area contributed by atoms with Gasteiger partial charge in [-0.15, -0.1) is 0 Å². The fourth-order valence-corrected chi connectivity index (χ4v) is 15.6. The summed E-state index contributed by atoms with van der Waals surface area (Å²) in [6.07, 6.45) is 26.2. The van der Waals surface area contributed by atoms with Gasteiger partial charge in [0.2, 0.25) is 0 Å². The minimum Gasteiger partial charge on any atom is -0.349 e. The van der Waals surface area contributed by atoms with E-state index in [0.29, 0.717) is 89.7 Å². The molecule has 4 N–H and O–H groups in total. The van der Waals surface area contributed by atoms with Gasteiger partial charge in [0, 0.05) is 114 Å². The summed E-state index contributed by atoms with van der Waals surface area (Å²) >= 11 is 23.5. The van der Waals surface area contributed by atoms with E-state index in [0.717, 1.165) is 74.1 Å². The summed E-state index contributed by atoms with van der Waals surface area (Å²) in [5.41, 5.74) is 12.6. The quantitative estimate of drug-likeness (QED) is 0.0741. The molecule has 4 heterocycles. The highest BCUT2D eigenvalue weighted by atomic mass is 35.5. The molecule has 4 fully saturated rings. The average molecular weight is 1430 g/mol. The number of hydrogen-bond donors (Lipinski definition) is 4. The number of halogens is 4. The Kier molecular flexibility index (Phi) is 29.1. The van der Waals surface area contributed by atoms with Crippen molar-refractivity contribution in [3.63, 3.8) is 0 Å². The second-order valence-corrected chi connectivity index (χ2v) is 30.2. The Hall–Kier alpha value is -7.48. The van der Waals surface area contributed by atoms with E-state index in [1.807, 2.05) is 52.5 Å². The number of benzene rings is 4. The normalized spacial score (nSPS) is 21.6. The Balaban J connectivity index is 0.000000156. The van der Waals surface area contributed by atoms with Crippen LogP contribution in [0.2, 0.25) is 20.1 Å². The number of aromatic nitrogens is 4. The van der Waals surface area contributed by atoms with Gasteiger partial charge in [-0.1, -0.05) is 46.4 Å². The summed E-state index contributed by atoms with van der Waals surface area (Å²) < 4.78 is 0. The van der Waals surface area contributed by atoms with Crippen molar-refractivity contribution in [2.24, 2.45) is 23.7 Å². The molecule has 0 aliphatic heterocycles. The largest absolute Gasteiger partial charge is 0.349 e. The number of nitrogens with one attached hydrogen (secondary N) is 4. The van der Waals surface area contributed by atoms with Crippen LogP contribution in [0.25, 0.3) is 0 Å². The Morgan fingerprint density at radius 2 is 0.460 bits per heavy atom. The molecule has 4 amide bonds. The maximum Gasteiger partial charge on any atom is 0.251 e. The maximum atomic E-state index is 12.4. The van der Waals surface area contributed by atoms with Crippen molar-refractivity contribution in [2.75, 3.05) is 0 Å². The summed E-state index contributed by atoms with van der Waals surface area (Å²) in [5, 5.41) is 15.2. The molecule has 0 spiro atoms. The van der Waals surface area contributed by atoms with Crippen molar-refractivity contribution >= 4 is 70.0 Å². The zero-order valence-corrected chi connectivity index (χ0v) is 62.4. The third-order valence-corrected chi connectivity index (χ3v) is 22.4. The minimum absolute atomic E-state index is 0.0175. The monoisotopic (exact) mass is 1420 g/mol. The van der Waals surface area contributed by atoms with Crippen LogP contribution in [0.3, 0.4) is 0 Å². The number of amides is 4. The van der Waals surface area contributed by atoms with Gasteiger partial charge >= 0.3 is 0 Å². The zero-order valence-electron chi connectivity index (χ0n) is 59.3. The summed E-state index contributed by atoms with van der Waals surface area (Å²) in [4.78, 5) is 66.6. The van der Waals surface area contributed by atoms with E-state index in [4.69, 9.17) is 46.4 Å². The molecule has 12 nitrogen and oxygen atoms in total. The Morgan fingerprint density at radius 3 is 0.620 bits per heavy atom. The number of carbonyl (C=O) groups is 4. The van der Waals surface area contributed by atoms with Crippen molar-refractivity contribution in [1.82, 2.24) is 41.2 Å². The lowest BCUT2D eigenvalue weighted by molar-refractivity contribution is 0.0909. The summed E-state index contributed by atoms with van der Waals surface area (Å²) in [7, 11) is 0. The standard InChI is InChI=1S/4C21H25ClN2O/c4*1-14-13-19(11-12-23-14)17-5-3-16(4-6-17)15(2)24-21(25)18-7-9-20(22)10-8-18/h4*7-13,15-17H,3-6H2,1-2H3,(H,24,25)/t4*15-,16?,17?/m1100/s1. The third-order valence-electron chi connectivity index (χ3n) is 21.3. The van der Waals surface area contributed by atoms with Crippen LogP contribution in [-0.4, -0.2) is 67.7 Å². The molecule has 4 atom stereocenters. The van der Waals surface area contributed by atoms with Gasteiger partial charge in [0.25, 0.3) is 23.6 Å². The molecular formula is C84H100Cl4N8O4. The van der Waals surface area contributed by atoms with Gasteiger partial charge in [-0.05, 0) is 373 Å². The van der Waals surface area contributed by atoms with Crippen LogP contribution in [0.5, 0.6) is 0 Å². The first-order chi connectivity index (χ1) is 48.1. The van der Waals surface area contributed by atoms with E-state index in [2.05, 4.69) is 117 Å². The molecule has 0 radical (unpaired) electrons. The van der Waals surface area contributed by atoms with E-state index in [1.54, 1.807) is 97.1 Å². The predicted molar refractivity (Wildman–Crippen MR) is 408 cm³/mol. The third kappa shape index (κ3) is 23.3. The number of rotatable bonds is 16. The lowest BCUT2D eigenvalue weighted by Crippen LogP contribution is -2.39. The molecule has 0 saturated heterocycles. The molecular weight excluding hydrogens is 1330 g/mol. The number of carbonyl (C=O) groups excluding carboxylic acids is 4. The van der Waals surface area contributed by atoms with E-state index in [-0.39, 0.29) is 47.8 Å². The number of aryl methyl sites for hydroxylation is 4. The fourth-order valence-electron chi connectivity index (χ4n) is 15.1. The number of hydrogen-bond acceptors (Lipinski definition) is 8. The molecule has 4 aromatic heterocycles. The number of nitrogens with zero attached hydrogens (tertiary/aromatic N) is 4. The van der Waals surface area contributed by atoms with Gasteiger partial charge in [-0.25, -0.2) is 0 Å². The average Bonchev–Trinajstić information content (AvgIpc) is 0.951. The van der Waals surface area contributed by atoms with Crippen LogP contribution >= 0.6 is 46.4 Å². The highest BCUT2D eigenvalue weighted by Gasteiger charge is 2.32. The van der Waals surface area contributed by atoms with E-state index in [9.17, 15) is 19.2 Å². The smallest absolute Gasteiger partial charge is 0.251 e. The summed E-state index contributed by atoms with van der Waals surface area (Å²) in [5.74, 6) is 4.57. The van der Waals surface area contributed by atoms with Crippen LogP contribution in [0.4, 0.5) is 0 Å². The molecule has 4 aliphatic rings. The molecule has 0 unspecified atom stereocenters.